The zero-order valence-electron chi connectivity index (χ0n) is 21.3. The van der Waals surface area contributed by atoms with Gasteiger partial charge in [0.25, 0.3) is 0 Å². The molecule has 3 rings (SSSR count). The van der Waals surface area contributed by atoms with E-state index >= 15 is 0 Å². The molecule has 0 bridgehead atoms. The average molecular weight is 508 g/mol. The van der Waals surface area contributed by atoms with Gasteiger partial charge in [-0.05, 0) is 68.7 Å². The van der Waals surface area contributed by atoms with Gasteiger partial charge in [0.2, 0.25) is 0 Å². The van der Waals surface area contributed by atoms with Crippen LogP contribution in [0.1, 0.15) is 42.4 Å². The number of aromatic nitrogens is 2. The number of ether oxygens (including phenoxy) is 2. The second kappa shape index (κ2) is 13.2. The highest BCUT2D eigenvalue weighted by molar-refractivity contribution is 5.92. The number of nitrogens with one attached hydrogen (secondary N) is 3. The molecule has 1 aromatic heterocycles. The molecular weight excluding hydrogens is 474 g/mol. The van der Waals surface area contributed by atoms with Gasteiger partial charge in [-0.25, -0.2) is 9.59 Å². The lowest BCUT2D eigenvalue weighted by Gasteiger charge is -2.19. The van der Waals surface area contributed by atoms with E-state index in [1.165, 1.54) is 6.20 Å². The Kier molecular flexibility index (Phi) is 9.79. The molecule has 0 saturated carbocycles. The molecule has 37 heavy (non-hydrogen) atoms. The largest absolute Gasteiger partial charge is 0.492 e. The molecule has 0 fully saturated rings. The third-order valence-corrected chi connectivity index (χ3v) is 5.01. The van der Waals surface area contributed by atoms with E-state index in [1.807, 2.05) is 69.3 Å². The molecule has 0 radical (unpaired) electrons. The molecule has 0 atom stereocenters. The van der Waals surface area contributed by atoms with Gasteiger partial charge in [0.15, 0.2) is 5.69 Å². The molecule has 1 amide bonds. The van der Waals surface area contributed by atoms with Crippen molar-refractivity contribution < 1.29 is 24.2 Å². The van der Waals surface area contributed by atoms with Crippen molar-refractivity contribution in [2.45, 2.75) is 32.8 Å². The summed E-state index contributed by atoms with van der Waals surface area (Å²) in [5.41, 5.74) is 2.79. The van der Waals surface area contributed by atoms with Crippen LogP contribution in [0.4, 0.5) is 16.2 Å². The highest BCUT2D eigenvalue weighted by atomic mass is 16.6. The van der Waals surface area contributed by atoms with E-state index in [9.17, 15) is 14.7 Å². The molecule has 1 heterocycles. The molecule has 2 aromatic carbocycles. The smallest absolute Gasteiger partial charge is 0.407 e. The van der Waals surface area contributed by atoms with Crippen molar-refractivity contribution in [1.29, 1.82) is 0 Å². The number of hydrogen-bond acceptors (Lipinski definition) is 8. The van der Waals surface area contributed by atoms with Gasteiger partial charge in [-0.1, -0.05) is 24.3 Å². The van der Waals surface area contributed by atoms with E-state index < -0.39 is 17.7 Å². The Morgan fingerprint density at radius 1 is 0.919 bits per heavy atom. The number of carboxylic acid groups (broad SMARTS) is 1. The van der Waals surface area contributed by atoms with Gasteiger partial charge in [0.05, 0.1) is 11.9 Å². The van der Waals surface area contributed by atoms with Crippen molar-refractivity contribution in [2.24, 2.45) is 0 Å². The normalized spacial score (nSPS) is 11.0. The summed E-state index contributed by atoms with van der Waals surface area (Å²) in [5, 5.41) is 25.5. The van der Waals surface area contributed by atoms with Crippen LogP contribution in [0.25, 0.3) is 0 Å². The number of benzene rings is 2. The zero-order chi connectivity index (χ0) is 26.7. The summed E-state index contributed by atoms with van der Waals surface area (Å²) in [6, 6.07) is 17.3. The molecular formula is C27H33N5O5. The monoisotopic (exact) mass is 507 g/mol. The summed E-state index contributed by atoms with van der Waals surface area (Å²) in [5.74, 6) is -0.347. The Bertz CT molecular complexity index is 1160. The van der Waals surface area contributed by atoms with Crippen LogP contribution in [0, 0.1) is 0 Å². The summed E-state index contributed by atoms with van der Waals surface area (Å²) < 4.78 is 11.0. The van der Waals surface area contributed by atoms with Crippen molar-refractivity contribution in [3.05, 3.63) is 77.6 Å². The first kappa shape index (κ1) is 27.4. The summed E-state index contributed by atoms with van der Waals surface area (Å²) in [6.07, 6.45) is 1.78. The summed E-state index contributed by atoms with van der Waals surface area (Å²) >= 11 is 0. The summed E-state index contributed by atoms with van der Waals surface area (Å²) in [4.78, 5) is 22.9. The lowest BCUT2D eigenvalue weighted by atomic mass is 10.0. The van der Waals surface area contributed by atoms with Crippen molar-refractivity contribution in [1.82, 2.24) is 20.8 Å². The number of carbonyl (C=O) groups excluding carboxylic acids is 1. The van der Waals surface area contributed by atoms with Crippen molar-refractivity contribution in [3.8, 4) is 5.75 Å². The first-order chi connectivity index (χ1) is 17.7. The molecule has 10 nitrogen and oxygen atoms in total. The van der Waals surface area contributed by atoms with E-state index in [2.05, 4.69) is 26.1 Å². The molecule has 10 heteroatoms. The molecule has 0 aliphatic heterocycles. The molecule has 3 aromatic rings. The lowest BCUT2D eigenvalue weighted by Crippen LogP contribution is -2.37. The number of anilines is 2. The minimum atomic E-state index is -1.14. The molecule has 196 valence electrons. The van der Waals surface area contributed by atoms with Crippen molar-refractivity contribution in [3.63, 3.8) is 0 Å². The fourth-order valence-corrected chi connectivity index (χ4v) is 3.32. The highest BCUT2D eigenvalue weighted by Crippen LogP contribution is 2.21. The van der Waals surface area contributed by atoms with E-state index in [0.717, 1.165) is 29.0 Å². The van der Waals surface area contributed by atoms with Gasteiger partial charge in [0, 0.05) is 25.3 Å². The van der Waals surface area contributed by atoms with Crippen LogP contribution in [-0.2, 0) is 11.2 Å². The fraction of sp³-hybridized carbons (Fsp3) is 0.333. The molecule has 0 unspecified atom stereocenters. The third kappa shape index (κ3) is 9.77. The molecule has 0 aliphatic rings. The third-order valence-electron chi connectivity index (χ3n) is 5.01. The van der Waals surface area contributed by atoms with Crippen molar-refractivity contribution >= 4 is 23.4 Å². The van der Waals surface area contributed by atoms with Crippen LogP contribution in [-0.4, -0.2) is 59.2 Å². The standard InChI is InChI=1S/C27H33N5O5/c1-27(2,3)37-26(35)29-15-14-28-16-17-36-22-10-6-20(7-11-22)18-19-4-8-21(9-5-19)31-23-12-13-30-32-24(23)25(33)34/h4-13,28H,14-18H2,1-3H3,(H,29,35)(H,30,31)(H,33,34). The zero-order valence-corrected chi connectivity index (χ0v) is 21.3. The maximum absolute atomic E-state index is 11.6. The number of carbonyl (C=O) groups is 2. The first-order valence-electron chi connectivity index (χ1n) is 12.0. The van der Waals surface area contributed by atoms with Crippen LogP contribution in [0.15, 0.2) is 60.8 Å². The molecule has 0 spiro atoms. The van der Waals surface area contributed by atoms with Gasteiger partial charge in [0.1, 0.15) is 18.0 Å². The second-order valence-electron chi connectivity index (χ2n) is 9.27. The van der Waals surface area contributed by atoms with Crippen LogP contribution in [0.3, 0.4) is 0 Å². The minimum absolute atomic E-state index is 0.125. The Morgan fingerprint density at radius 2 is 1.59 bits per heavy atom. The number of amides is 1. The highest BCUT2D eigenvalue weighted by Gasteiger charge is 2.15. The van der Waals surface area contributed by atoms with Crippen LogP contribution >= 0.6 is 0 Å². The van der Waals surface area contributed by atoms with Gasteiger partial charge >= 0.3 is 12.1 Å². The van der Waals surface area contributed by atoms with Crippen molar-refractivity contribution in [2.75, 3.05) is 31.6 Å². The van der Waals surface area contributed by atoms with E-state index in [4.69, 9.17) is 9.47 Å². The van der Waals surface area contributed by atoms with Gasteiger partial charge < -0.3 is 30.5 Å². The van der Waals surface area contributed by atoms with Crippen LogP contribution in [0.5, 0.6) is 5.75 Å². The number of nitrogens with zero attached hydrogens (tertiary/aromatic N) is 2. The predicted octanol–water partition coefficient (Wildman–Crippen LogP) is 4.00. The topological polar surface area (TPSA) is 135 Å². The van der Waals surface area contributed by atoms with Crippen LogP contribution in [0.2, 0.25) is 0 Å². The lowest BCUT2D eigenvalue weighted by molar-refractivity contribution is 0.0527. The number of aromatic carboxylic acids is 1. The number of alkyl carbamates (subject to hydrolysis) is 1. The fourth-order valence-electron chi connectivity index (χ4n) is 3.32. The Balaban J connectivity index is 1.37. The van der Waals surface area contributed by atoms with E-state index in [-0.39, 0.29) is 5.69 Å². The Hall–Kier alpha value is -4.18. The first-order valence-corrected chi connectivity index (χ1v) is 12.0. The van der Waals surface area contributed by atoms with E-state index in [0.29, 0.717) is 31.9 Å². The number of rotatable bonds is 12. The van der Waals surface area contributed by atoms with Gasteiger partial charge in [-0.3, -0.25) is 0 Å². The quantitative estimate of drug-likeness (QED) is 0.268. The predicted molar refractivity (Wildman–Crippen MR) is 141 cm³/mol. The second-order valence-corrected chi connectivity index (χ2v) is 9.27. The number of carboxylic acids is 1. The molecule has 0 aliphatic carbocycles. The number of hydrogen-bond donors (Lipinski definition) is 4. The maximum Gasteiger partial charge on any atom is 0.407 e. The van der Waals surface area contributed by atoms with Crippen LogP contribution < -0.4 is 20.7 Å². The summed E-state index contributed by atoms with van der Waals surface area (Å²) in [7, 11) is 0. The summed E-state index contributed by atoms with van der Waals surface area (Å²) in [6.45, 7) is 7.75. The maximum atomic E-state index is 11.6. The van der Waals surface area contributed by atoms with Gasteiger partial charge in [-0.15, -0.1) is 5.10 Å². The minimum Gasteiger partial charge on any atom is -0.492 e. The van der Waals surface area contributed by atoms with Gasteiger partial charge in [-0.2, -0.15) is 5.10 Å². The SMILES string of the molecule is CC(C)(C)OC(=O)NCCNCCOc1ccc(Cc2ccc(Nc3ccnnc3C(=O)O)cc2)cc1. The average Bonchev–Trinajstić information content (AvgIpc) is 2.85. The Morgan fingerprint density at radius 3 is 2.24 bits per heavy atom. The molecule has 0 saturated heterocycles. The Labute approximate surface area is 216 Å². The van der Waals surface area contributed by atoms with E-state index in [1.54, 1.807) is 6.07 Å². The molecule has 4 N–H and O–H groups in total.